The number of nitrogen functional groups attached to an aromatic ring is 1. The van der Waals surface area contributed by atoms with Crippen LogP contribution in [0.5, 0.6) is 0 Å². The van der Waals surface area contributed by atoms with Crippen LogP contribution in [0.1, 0.15) is 5.56 Å². The van der Waals surface area contributed by atoms with E-state index in [2.05, 4.69) is 31.5 Å². The smallest absolute Gasteiger partial charge is 0.188 e. The monoisotopic (exact) mass is 329 g/mol. The Bertz CT molecular complexity index is 766. The van der Waals surface area contributed by atoms with Crippen LogP contribution in [-0.4, -0.2) is 20.2 Å². The number of halogens is 1. The summed E-state index contributed by atoms with van der Waals surface area (Å²) in [6.45, 7) is 2.02. The Labute approximate surface area is 124 Å². The molecule has 2 aromatic carbocycles. The zero-order valence-corrected chi connectivity index (χ0v) is 12.4. The fourth-order valence-corrected chi connectivity index (χ4v) is 2.48. The van der Waals surface area contributed by atoms with Crippen molar-refractivity contribution in [1.82, 2.24) is 20.2 Å². The molecule has 6 heteroatoms. The summed E-state index contributed by atoms with van der Waals surface area (Å²) in [7, 11) is 0. The maximum Gasteiger partial charge on any atom is 0.188 e. The molecule has 5 nitrogen and oxygen atoms in total. The molecule has 2 N–H and O–H groups in total. The van der Waals surface area contributed by atoms with E-state index in [0.717, 1.165) is 21.3 Å². The summed E-state index contributed by atoms with van der Waals surface area (Å²) < 4.78 is 2.51. The molecule has 1 heterocycles. The zero-order valence-electron chi connectivity index (χ0n) is 10.8. The Hall–Kier alpha value is -2.21. The van der Waals surface area contributed by atoms with Crippen LogP contribution in [0.2, 0.25) is 0 Å². The van der Waals surface area contributed by atoms with Gasteiger partial charge in [-0.3, -0.25) is 0 Å². The molecular formula is C14H12BrN5. The van der Waals surface area contributed by atoms with Crippen LogP contribution in [-0.2, 0) is 0 Å². The lowest BCUT2D eigenvalue weighted by atomic mass is 10.1. The molecule has 0 radical (unpaired) electrons. The second-order valence-electron chi connectivity index (χ2n) is 4.41. The number of hydrogen-bond donors (Lipinski definition) is 1. The van der Waals surface area contributed by atoms with E-state index in [1.807, 2.05) is 49.4 Å². The van der Waals surface area contributed by atoms with Crippen LogP contribution in [0, 0.1) is 6.92 Å². The molecule has 0 atom stereocenters. The topological polar surface area (TPSA) is 69.6 Å². The molecule has 1 aromatic heterocycles. The molecule has 0 bridgehead atoms. The van der Waals surface area contributed by atoms with Crippen molar-refractivity contribution in [2.45, 2.75) is 6.92 Å². The average Bonchev–Trinajstić information content (AvgIpc) is 2.91. The molecular weight excluding hydrogens is 318 g/mol. The predicted molar refractivity (Wildman–Crippen MR) is 81.4 cm³/mol. The van der Waals surface area contributed by atoms with Gasteiger partial charge in [0.25, 0.3) is 0 Å². The molecule has 0 fully saturated rings. The third-order valence-electron chi connectivity index (χ3n) is 3.08. The van der Waals surface area contributed by atoms with Crippen molar-refractivity contribution in [1.29, 1.82) is 0 Å². The number of hydrogen-bond acceptors (Lipinski definition) is 4. The van der Waals surface area contributed by atoms with Gasteiger partial charge >= 0.3 is 0 Å². The van der Waals surface area contributed by atoms with Gasteiger partial charge in [-0.05, 0) is 57.0 Å². The van der Waals surface area contributed by atoms with Gasteiger partial charge in [-0.1, -0.05) is 24.3 Å². The first kappa shape index (κ1) is 12.8. The SMILES string of the molecule is Cc1ccccc1-n1nnnc1-c1cccc(N)c1Br. The molecule has 100 valence electrons. The van der Waals surface area contributed by atoms with E-state index in [-0.39, 0.29) is 0 Å². The number of rotatable bonds is 2. The second kappa shape index (κ2) is 5.05. The summed E-state index contributed by atoms with van der Waals surface area (Å²) >= 11 is 3.49. The Morgan fingerprint density at radius 2 is 1.90 bits per heavy atom. The fourth-order valence-electron chi connectivity index (χ4n) is 2.04. The van der Waals surface area contributed by atoms with Gasteiger partial charge in [-0.2, -0.15) is 4.68 Å². The number of aryl methyl sites for hydroxylation is 1. The second-order valence-corrected chi connectivity index (χ2v) is 5.20. The first-order valence-corrected chi connectivity index (χ1v) is 6.86. The lowest BCUT2D eigenvalue weighted by Crippen LogP contribution is -2.02. The molecule has 0 aliphatic rings. The van der Waals surface area contributed by atoms with Crippen LogP contribution in [0.4, 0.5) is 5.69 Å². The van der Waals surface area contributed by atoms with Crippen LogP contribution >= 0.6 is 15.9 Å². The molecule has 0 saturated heterocycles. The van der Waals surface area contributed by atoms with Crippen LogP contribution in [0.15, 0.2) is 46.9 Å². The summed E-state index contributed by atoms with van der Waals surface area (Å²) in [4.78, 5) is 0. The number of tetrazole rings is 1. The quantitative estimate of drug-likeness (QED) is 0.734. The highest BCUT2D eigenvalue weighted by Crippen LogP contribution is 2.32. The predicted octanol–water partition coefficient (Wildman–Crippen LogP) is 2.98. The van der Waals surface area contributed by atoms with E-state index < -0.39 is 0 Å². The highest BCUT2D eigenvalue weighted by Gasteiger charge is 2.15. The molecule has 0 aliphatic carbocycles. The van der Waals surface area contributed by atoms with Crippen molar-refractivity contribution >= 4 is 21.6 Å². The molecule has 0 aliphatic heterocycles. The minimum atomic E-state index is 0.651. The Morgan fingerprint density at radius 3 is 2.70 bits per heavy atom. The van der Waals surface area contributed by atoms with Gasteiger partial charge in [0.2, 0.25) is 0 Å². The zero-order chi connectivity index (χ0) is 14.1. The third kappa shape index (κ3) is 2.08. The van der Waals surface area contributed by atoms with Crippen LogP contribution < -0.4 is 5.73 Å². The maximum absolute atomic E-state index is 5.92. The standard InChI is InChI=1S/C14H12BrN5/c1-9-5-2-3-8-12(9)20-14(17-18-19-20)10-6-4-7-11(16)13(10)15/h2-8H,16H2,1H3. The van der Waals surface area contributed by atoms with Crippen molar-refractivity contribution in [3.05, 3.63) is 52.5 Å². The summed E-state index contributed by atoms with van der Waals surface area (Å²) in [6.07, 6.45) is 0. The van der Waals surface area contributed by atoms with Crippen molar-refractivity contribution in [2.24, 2.45) is 0 Å². The fraction of sp³-hybridized carbons (Fsp3) is 0.0714. The maximum atomic E-state index is 5.92. The highest BCUT2D eigenvalue weighted by molar-refractivity contribution is 9.10. The van der Waals surface area contributed by atoms with E-state index in [1.54, 1.807) is 4.68 Å². The van der Waals surface area contributed by atoms with E-state index in [4.69, 9.17) is 5.73 Å². The van der Waals surface area contributed by atoms with E-state index in [1.165, 1.54) is 0 Å². The molecule has 3 aromatic rings. The molecule has 0 saturated carbocycles. The average molecular weight is 330 g/mol. The van der Waals surface area contributed by atoms with E-state index >= 15 is 0 Å². The first-order chi connectivity index (χ1) is 9.68. The summed E-state index contributed by atoms with van der Waals surface area (Å²) in [6, 6.07) is 13.6. The van der Waals surface area contributed by atoms with Crippen molar-refractivity contribution < 1.29 is 0 Å². The van der Waals surface area contributed by atoms with Gasteiger partial charge in [0.15, 0.2) is 5.82 Å². The Kier molecular flexibility index (Phi) is 3.23. The van der Waals surface area contributed by atoms with Gasteiger partial charge in [-0.15, -0.1) is 5.10 Å². The lowest BCUT2D eigenvalue weighted by molar-refractivity contribution is 0.787. The molecule has 3 rings (SSSR count). The van der Waals surface area contributed by atoms with Gasteiger partial charge in [0.05, 0.1) is 10.2 Å². The molecule has 0 spiro atoms. The Morgan fingerprint density at radius 1 is 1.10 bits per heavy atom. The van der Waals surface area contributed by atoms with Crippen molar-refractivity contribution in [3.8, 4) is 17.1 Å². The summed E-state index contributed by atoms with van der Waals surface area (Å²) in [5, 5.41) is 12.0. The lowest BCUT2D eigenvalue weighted by Gasteiger charge is -2.09. The largest absolute Gasteiger partial charge is 0.398 e. The third-order valence-corrected chi connectivity index (χ3v) is 3.97. The van der Waals surface area contributed by atoms with Crippen molar-refractivity contribution in [2.75, 3.05) is 5.73 Å². The van der Waals surface area contributed by atoms with Gasteiger partial charge in [0, 0.05) is 11.3 Å². The minimum absolute atomic E-state index is 0.651. The van der Waals surface area contributed by atoms with E-state index in [9.17, 15) is 0 Å². The summed E-state index contributed by atoms with van der Waals surface area (Å²) in [5.74, 6) is 0.651. The summed E-state index contributed by atoms with van der Waals surface area (Å²) in [5.41, 5.74) is 9.48. The number of nitrogens with two attached hydrogens (primary N) is 1. The van der Waals surface area contributed by atoms with E-state index in [0.29, 0.717) is 11.5 Å². The number of para-hydroxylation sites is 1. The van der Waals surface area contributed by atoms with Crippen LogP contribution in [0.25, 0.3) is 17.1 Å². The van der Waals surface area contributed by atoms with Gasteiger partial charge in [-0.25, -0.2) is 0 Å². The number of anilines is 1. The number of benzene rings is 2. The molecule has 0 amide bonds. The Balaban J connectivity index is 2.21. The molecule has 20 heavy (non-hydrogen) atoms. The number of nitrogens with zero attached hydrogens (tertiary/aromatic N) is 4. The minimum Gasteiger partial charge on any atom is -0.398 e. The van der Waals surface area contributed by atoms with Gasteiger partial charge in [0.1, 0.15) is 0 Å². The normalized spacial score (nSPS) is 10.7. The van der Waals surface area contributed by atoms with Gasteiger partial charge < -0.3 is 5.73 Å². The first-order valence-electron chi connectivity index (χ1n) is 6.07. The molecule has 0 unspecified atom stereocenters. The van der Waals surface area contributed by atoms with Crippen LogP contribution in [0.3, 0.4) is 0 Å². The number of aromatic nitrogens is 4. The highest BCUT2D eigenvalue weighted by atomic mass is 79.9. The van der Waals surface area contributed by atoms with Crippen molar-refractivity contribution in [3.63, 3.8) is 0 Å².